The molecule has 0 saturated heterocycles. The van der Waals surface area contributed by atoms with Gasteiger partial charge in [-0.2, -0.15) is 0 Å². The molecule has 0 aliphatic carbocycles. The normalized spacial score (nSPS) is 10.8. The van der Waals surface area contributed by atoms with E-state index in [-0.39, 0.29) is 11.7 Å². The number of carbonyl (C=O) groups is 1. The van der Waals surface area contributed by atoms with Gasteiger partial charge in [0, 0.05) is 25.7 Å². The van der Waals surface area contributed by atoms with Crippen LogP contribution in [0.1, 0.15) is 28.2 Å². The highest BCUT2D eigenvalue weighted by molar-refractivity contribution is 5.97. The van der Waals surface area contributed by atoms with E-state index in [1.165, 1.54) is 6.07 Å². The Morgan fingerprint density at radius 3 is 2.52 bits per heavy atom. The molecular formula is C21H23FN4O. The summed E-state index contributed by atoms with van der Waals surface area (Å²) in [6.07, 6.45) is 0.711. The van der Waals surface area contributed by atoms with Crippen LogP contribution in [0.5, 0.6) is 0 Å². The molecule has 0 spiro atoms. The third kappa shape index (κ3) is 4.39. The van der Waals surface area contributed by atoms with Crippen molar-refractivity contribution in [3.63, 3.8) is 0 Å². The number of hydrogen-bond acceptors (Lipinski definition) is 4. The van der Waals surface area contributed by atoms with Gasteiger partial charge in [0.05, 0.1) is 28.1 Å². The van der Waals surface area contributed by atoms with Gasteiger partial charge in [0.25, 0.3) is 5.91 Å². The molecule has 0 atom stereocenters. The molecule has 140 valence electrons. The Hall–Kier alpha value is -3.02. The van der Waals surface area contributed by atoms with Crippen molar-refractivity contribution in [3.8, 4) is 0 Å². The zero-order valence-corrected chi connectivity index (χ0v) is 15.8. The molecule has 0 bridgehead atoms. The molecule has 0 saturated carbocycles. The molecular weight excluding hydrogens is 343 g/mol. The lowest BCUT2D eigenvalue weighted by molar-refractivity contribution is 0.0953. The van der Waals surface area contributed by atoms with Crippen molar-refractivity contribution in [2.45, 2.75) is 20.3 Å². The van der Waals surface area contributed by atoms with Gasteiger partial charge in [-0.15, -0.1) is 0 Å². The first-order chi connectivity index (χ1) is 13.0. The van der Waals surface area contributed by atoms with Crippen LogP contribution in [0.15, 0.2) is 42.5 Å². The molecule has 1 amide bonds. The zero-order chi connectivity index (χ0) is 19.4. The van der Waals surface area contributed by atoms with E-state index in [2.05, 4.69) is 15.3 Å². The fourth-order valence-electron chi connectivity index (χ4n) is 2.87. The van der Waals surface area contributed by atoms with Crippen molar-refractivity contribution in [2.24, 2.45) is 0 Å². The van der Waals surface area contributed by atoms with Gasteiger partial charge < -0.3 is 10.2 Å². The minimum absolute atomic E-state index is 0.148. The topological polar surface area (TPSA) is 58.1 Å². The van der Waals surface area contributed by atoms with Crippen LogP contribution >= 0.6 is 0 Å². The zero-order valence-electron chi connectivity index (χ0n) is 15.8. The summed E-state index contributed by atoms with van der Waals surface area (Å²) in [5.41, 5.74) is 4.35. The van der Waals surface area contributed by atoms with E-state index < -0.39 is 0 Å². The van der Waals surface area contributed by atoms with Crippen LogP contribution in [-0.4, -0.2) is 36.0 Å². The van der Waals surface area contributed by atoms with Crippen LogP contribution in [-0.2, 0) is 0 Å². The smallest absolute Gasteiger partial charge is 0.251 e. The molecule has 1 N–H and O–H groups in total. The van der Waals surface area contributed by atoms with Gasteiger partial charge in [-0.05, 0) is 50.6 Å². The molecule has 2 aromatic carbocycles. The summed E-state index contributed by atoms with van der Waals surface area (Å²) < 4.78 is 13.8. The van der Waals surface area contributed by atoms with E-state index in [0.29, 0.717) is 36.3 Å². The maximum absolute atomic E-state index is 13.8. The lowest BCUT2D eigenvalue weighted by Gasteiger charge is -2.19. The highest BCUT2D eigenvalue weighted by Crippen LogP contribution is 2.17. The molecule has 3 aromatic rings. The fourth-order valence-corrected chi connectivity index (χ4v) is 2.87. The number of para-hydroxylation sites is 1. The first-order valence-corrected chi connectivity index (χ1v) is 8.94. The third-order valence-electron chi connectivity index (χ3n) is 4.56. The maximum atomic E-state index is 13.8. The van der Waals surface area contributed by atoms with Gasteiger partial charge in [-0.25, -0.2) is 14.4 Å². The minimum Gasteiger partial charge on any atom is -0.372 e. The van der Waals surface area contributed by atoms with Crippen molar-refractivity contribution < 1.29 is 9.18 Å². The largest absolute Gasteiger partial charge is 0.372 e. The lowest BCUT2D eigenvalue weighted by atomic mass is 10.1. The first-order valence-electron chi connectivity index (χ1n) is 8.94. The second-order valence-electron chi connectivity index (χ2n) is 6.58. The van der Waals surface area contributed by atoms with Crippen molar-refractivity contribution >= 4 is 22.6 Å². The van der Waals surface area contributed by atoms with Crippen molar-refractivity contribution in [1.29, 1.82) is 0 Å². The highest BCUT2D eigenvalue weighted by atomic mass is 19.1. The van der Waals surface area contributed by atoms with Crippen LogP contribution in [0, 0.1) is 19.7 Å². The summed E-state index contributed by atoms with van der Waals surface area (Å²) in [6, 6.07) is 12.0. The van der Waals surface area contributed by atoms with Gasteiger partial charge in [0.15, 0.2) is 0 Å². The summed E-state index contributed by atoms with van der Waals surface area (Å²) in [4.78, 5) is 23.2. The van der Waals surface area contributed by atoms with Gasteiger partial charge in [-0.1, -0.05) is 12.1 Å². The summed E-state index contributed by atoms with van der Waals surface area (Å²) in [5.74, 6) is -0.391. The summed E-state index contributed by atoms with van der Waals surface area (Å²) in [5, 5.41) is 2.90. The molecule has 6 heteroatoms. The lowest BCUT2D eigenvalue weighted by Crippen LogP contribution is -2.28. The number of hydrogen-bond donors (Lipinski definition) is 1. The quantitative estimate of drug-likeness (QED) is 0.677. The van der Waals surface area contributed by atoms with Gasteiger partial charge in [0.2, 0.25) is 0 Å². The van der Waals surface area contributed by atoms with E-state index in [9.17, 15) is 9.18 Å². The average Bonchev–Trinajstić information content (AvgIpc) is 2.65. The van der Waals surface area contributed by atoms with Crippen LogP contribution in [0.4, 0.5) is 10.1 Å². The Balaban J connectivity index is 1.56. The van der Waals surface area contributed by atoms with E-state index in [4.69, 9.17) is 0 Å². The average molecular weight is 366 g/mol. The number of fused-ring (bicyclic) bond motifs is 1. The molecule has 1 aromatic heterocycles. The van der Waals surface area contributed by atoms with Crippen LogP contribution in [0.25, 0.3) is 11.0 Å². The molecule has 3 rings (SSSR count). The summed E-state index contributed by atoms with van der Waals surface area (Å²) >= 11 is 0. The van der Waals surface area contributed by atoms with E-state index in [0.717, 1.165) is 16.9 Å². The van der Waals surface area contributed by atoms with Gasteiger partial charge in [0.1, 0.15) is 5.82 Å². The number of anilines is 1. The second kappa shape index (κ2) is 8.12. The second-order valence-corrected chi connectivity index (χ2v) is 6.58. The number of rotatable bonds is 6. The van der Waals surface area contributed by atoms with E-state index >= 15 is 0 Å². The monoisotopic (exact) mass is 366 g/mol. The van der Waals surface area contributed by atoms with Crippen molar-refractivity contribution in [3.05, 3.63) is 65.2 Å². The first kappa shape index (κ1) is 18.8. The molecule has 0 aliphatic rings. The van der Waals surface area contributed by atoms with Crippen molar-refractivity contribution in [1.82, 2.24) is 15.3 Å². The molecule has 0 radical (unpaired) electrons. The van der Waals surface area contributed by atoms with Crippen LogP contribution < -0.4 is 10.2 Å². The van der Waals surface area contributed by atoms with Crippen LogP contribution in [0.2, 0.25) is 0 Å². The molecule has 0 fully saturated rings. The van der Waals surface area contributed by atoms with E-state index in [1.54, 1.807) is 24.3 Å². The van der Waals surface area contributed by atoms with E-state index in [1.807, 2.05) is 37.9 Å². The number of aromatic nitrogens is 2. The number of nitrogens with zero attached hydrogens (tertiary/aromatic N) is 3. The molecule has 5 nitrogen and oxygen atoms in total. The van der Waals surface area contributed by atoms with Crippen LogP contribution in [0.3, 0.4) is 0 Å². The van der Waals surface area contributed by atoms with Gasteiger partial charge >= 0.3 is 0 Å². The Kier molecular flexibility index (Phi) is 5.64. The number of benzene rings is 2. The summed E-state index contributed by atoms with van der Waals surface area (Å²) in [6.45, 7) is 4.97. The Morgan fingerprint density at radius 1 is 1.07 bits per heavy atom. The predicted molar refractivity (Wildman–Crippen MR) is 106 cm³/mol. The number of amides is 1. The minimum atomic E-state index is -0.244. The molecule has 1 heterocycles. The number of carbonyl (C=O) groups excluding carboxylic acids is 1. The highest BCUT2D eigenvalue weighted by Gasteiger charge is 2.09. The summed E-state index contributed by atoms with van der Waals surface area (Å²) in [7, 11) is 1.84. The Labute approximate surface area is 158 Å². The molecule has 0 aliphatic heterocycles. The predicted octanol–water partition coefficient (Wildman–Crippen LogP) is 3.64. The number of nitrogens with one attached hydrogen (secondary N) is 1. The Bertz CT molecular complexity index is 974. The fraction of sp³-hybridized carbons (Fsp3) is 0.286. The van der Waals surface area contributed by atoms with Gasteiger partial charge in [-0.3, -0.25) is 4.79 Å². The molecule has 27 heavy (non-hydrogen) atoms. The third-order valence-corrected chi connectivity index (χ3v) is 4.56. The Morgan fingerprint density at radius 2 is 1.78 bits per heavy atom. The molecule has 0 unspecified atom stereocenters. The maximum Gasteiger partial charge on any atom is 0.251 e. The SMILES string of the molecule is Cc1nc2ccc(C(=O)NCCCN(C)c3ccccc3F)cc2nc1C. The van der Waals surface area contributed by atoms with Crippen molar-refractivity contribution in [2.75, 3.05) is 25.0 Å². The standard InChI is InChI=1S/C21H23FN4O/c1-14-15(2)25-19-13-16(9-10-18(19)24-14)21(27)23-11-6-12-26(3)20-8-5-4-7-17(20)22/h4-5,7-10,13H,6,11-12H2,1-3H3,(H,23,27). The number of halogens is 1. The number of aryl methyl sites for hydroxylation is 2.